The Morgan fingerprint density at radius 1 is 1.24 bits per heavy atom. The number of carboxylic acids is 1. The van der Waals surface area contributed by atoms with Crippen molar-refractivity contribution in [1.29, 1.82) is 0 Å². The first-order valence-electron chi connectivity index (χ1n) is 9.30. The molecule has 8 heteroatoms. The number of ether oxygens (including phenoxy) is 1. The lowest BCUT2D eigenvalue weighted by molar-refractivity contribution is -0.139. The highest BCUT2D eigenvalue weighted by Crippen LogP contribution is 2.46. The standard InChI is InChI=1S/C21H24BrNO5S/c1-12(2)18-10-23(21-14(4)7-15(22)9-17(18)21)29(26,27)16-5-6-19(13(3)8-16)28-11-20(24)25/h5-9,12,18H,10-11H2,1-4H3,(H,24,25). The van der Waals surface area contributed by atoms with Crippen LogP contribution in [0.1, 0.15) is 36.5 Å². The number of rotatable bonds is 6. The Morgan fingerprint density at radius 2 is 1.93 bits per heavy atom. The molecule has 0 fully saturated rings. The molecule has 29 heavy (non-hydrogen) atoms. The van der Waals surface area contributed by atoms with E-state index in [1.54, 1.807) is 6.92 Å². The summed E-state index contributed by atoms with van der Waals surface area (Å²) in [5.74, 6) is -0.337. The molecule has 0 spiro atoms. The molecule has 0 amide bonds. The van der Waals surface area contributed by atoms with E-state index >= 15 is 0 Å². The lowest BCUT2D eigenvalue weighted by atomic mass is 9.90. The molecular weight excluding hydrogens is 458 g/mol. The first kappa shape index (κ1) is 21.6. The number of benzene rings is 2. The van der Waals surface area contributed by atoms with Gasteiger partial charge < -0.3 is 9.84 Å². The number of fused-ring (bicyclic) bond motifs is 1. The fraction of sp³-hybridized carbons (Fsp3) is 0.381. The van der Waals surface area contributed by atoms with Crippen LogP contribution in [0.15, 0.2) is 39.7 Å². The molecule has 1 N–H and O–H groups in total. The quantitative estimate of drug-likeness (QED) is 0.657. The molecule has 2 aromatic rings. The third kappa shape index (κ3) is 4.14. The molecule has 1 atom stereocenters. The maximum atomic E-state index is 13.5. The number of nitrogens with zero attached hydrogens (tertiary/aromatic N) is 1. The molecule has 3 rings (SSSR count). The van der Waals surface area contributed by atoms with E-state index in [9.17, 15) is 13.2 Å². The second kappa shape index (κ2) is 7.99. The molecular formula is C21H24BrNO5S. The first-order chi connectivity index (χ1) is 13.5. The van der Waals surface area contributed by atoms with Crippen molar-refractivity contribution in [2.75, 3.05) is 17.5 Å². The van der Waals surface area contributed by atoms with Crippen molar-refractivity contribution >= 4 is 37.6 Å². The zero-order chi connectivity index (χ0) is 21.5. The monoisotopic (exact) mass is 481 g/mol. The summed E-state index contributed by atoms with van der Waals surface area (Å²) in [4.78, 5) is 10.9. The van der Waals surface area contributed by atoms with E-state index in [0.717, 1.165) is 21.3 Å². The Bertz CT molecular complexity index is 1060. The number of anilines is 1. The summed E-state index contributed by atoms with van der Waals surface area (Å²) in [6.07, 6.45) is 0. The highest BCUT2D eigenvalue weighted by Gasteiger charge is 2.39. The largest absolute Gasteiger partial charge is 0.482 e. The molecule has 2 aromatic carbocycles. The Balaban J connectivity index is 2.03. The summed E-state index contributed by atoms with van der Waals surface area (Å²) >= 11 is 3.53. The average molecular weight is 482 g/mol. The fourth-order valence-corrected chi connectivity index (χ4v) is 6.01. The molecule has 156 valence electrons. The fourth-order valence-electron chi connectivity index (χ4n) is 3.75. The molecule has 0 saturated carbocycles. The van der Waals surface area contributed by atoms with Crippen LogP contribution in [0.2, 0.25) is 0 Å². The second-order valence-corrected chi connectivity index (χ2v) is 10.4. The van der Waals surface area contributed by atoms with Crippen molar-refractivity contribution in [3.63, 3.8) is 0 Å². The average Bonchev–Trinajstić information content (AvgIpc) is 3.01. The minimum absolute atomic E-state index is 0.107. The van der Waals surface area contributed by atoms with E-state index in [-0.39, 0.29) is 16.7 Å². The Morgan fingerprint density at radius 3 is 2.52 bits per heavy atom. The van der Waals surface area contributed by atoms with Gasteiger partial charge in [0, 0.05) is 16.9 Å². The van der Waals surface area contributed by atoms with Crippen molar-refractivity contribution in [1.82, 2.24) is 0 Å². The van der Waals surface area contributed by atoms with Gasteiger partial charge in [-0.3, -0.25) is 4.31 Å². The predicted octanol–water partition coefficient (Wildman–Crippen LogP) is 4.48. The minimum atomic E-state index is -3.78. The highest BCUT2D eigenvalue weighted by molar-refractivity contribution is 9.10. The normalized spacial score (nSPS) is 16.2. The molecule has 0 aromatic heterocycles. The second-order valence-electron chi connectivity index (χ2n) is 7.66. The number of aryl methyl sites for hydroxylation is 2. The highest BCUT2D eigenvalue weighted by atomic mass is 79.9. The first-order valence-corrected chi connectivity index (χ1v) is 11.5. The predicted molar refractivity (Wildman–Crippen MR) is 115 cm³/mol. The summed E-state index contributed by atoms with van der Waals surface area (Å²) in [6, 6.07) is 8.45. The van der Waals surface area contributed by atoms with Crippen molar-refractivity contribution in [3.05, 3.63) is 51.5 Å². The van der Waals surface area contributed by atoms with Crippen LogP contribution in [0.3, 0.4) is 0 Å². The van der Waals surface area contributed by atoms with E-state index in [4.69, 9.17) is 9.84 Å². The Kier molecular flexibility index (Phi) is 5.96. The van der Waals surface area contributed by atoms with Crippen LogP contribution in [0, 0.1) is 19.8 Å². The van der Waals surface area contributed by atoms with Crippen LogP contribution in [0.4, 0.5) is 5.69 Å². The summed E-state index contributed by atoms with van der Waals surface area (Å²) in [5, 5.41) is 8.77. The van der Waals surface area contributed by atoms with Crippen molar-refractivity contribution in [2.24, 2.45) is 5.92 Å². The van der Waals surface area contributed by atoms with Gasteiger partial charge in [-0.15, -0.1) is 0 Å². The van der Waals surface area contributed by atoms with E-state index in [2.05, 4.69) is 29.8 Å². The lowest BCUT2D eigenvalue weighted by Crippen LogP contribution is -2.31. The van der Waals surface area contributed by atoms with E-state index in [1.165, 1.54) is 22.5 Å². The van der Waals surface area contributed by atoms with Crippen LogP contribution in [0.5, 0.6) is 5.75 Å². The van der Waals surface area contributed by atoms with Gasteiger partial charge in [0.2, 0.25) is 0 Å². The zero-order valence-electron chi connectivity index (χ0n) is 16.8. The van der Waals surface area contributed by atoms with Crippen molar-refractivity contribution in [3.8, 4) is 5.75 Å². The molecule has 6 nitrogen and oxygen atoms in total. The number of carboxylic acid groups (broad SMARTS) is 1. The Hall–Kier alpha value is -2.06. The molecule has 0 radical (unpaired) electrons. The van der Waals surface area contributed by atoms with Gasteiger partial charge in [-0.1, -0.05) is 29.8 Å². The number of halogens is 1. The number of aliphatic carboxylic acids is 1. The van der Waals surface area contributed by atoms with E-state index in [0.29, 0.717) is 17.9 Å². The lowest BCUT2D eigenvalue weighted by Gasteiger charge is -2.22. The molecule has 0 aliphatic carbocycles. The van der Waals surface area contributed by atoms with Crippen LogP contribution < -0.4 is 9.04 Å². The third-order valence-electron chi connectivity index (χ3n) is 5.20. The zero-order valence-corrected chi connectivity index (χ0v) is 19.2. The van der Waals surface area contributed by atoms with Crippen molar-refractivity contribution < 1.29 is 23.1 Å². The van der Waals surface area contributed by atoms with Gasteiger partial charge in [-0.05, 0) is 66.8 Å². The Labute approximate surface area is 179 Å². The number of carbonyl (C=O) groups is 1. The van der Waals surface area contributed by atoms with E-state index < -0.39 is 22.6 Å². The van der Waals surface area contributed by atoms with E-state index in [1.807, 2.05) is 19.1 Å². The van der Waals surface area contributed by atoms with Gasteiger partial charge in [-0.2, -0.15) is 0 Å². The van der Waals surface area contributed by atoms with Crippen LogP contribution in [-0.4, -0.2) is 32.6 Å². The van der Waals surface area contributed by atoms with Gasteiger partial charge in [0.15, 0.2) is 6.61 Å². The van der Waals surface area contributed by atoms with Crippen LogP contribution >= 0.6 is 15.9 Å². The number of sulfonamides is 1. The smallest absolute Gasteiger partial charge is 0.341 e. The maximum Gasteiger partial charge on any atom is 0.341 e. The summed E-state index contributed by atoms with van der Waals surface area (Å²) < 4.78 is 34.7. The number of hydrogen-bond donors (Lipinski definition) is 1. The van der Waals surface area contributed by atoms with Gasteiger partial charge in [-0.25, -0.2) is 13.2 Å². The molecule has 0 bridgehead atoms. The van der Waals surface area contributed by atoms with Gasteiger partial charge in [0.25, 0.3) is 10.0 Å². The van der Waals surface area contributed by atoms with Gasteiger partial charge in [0.1, 0.15) is 5.75 Å². The van der Waals surface area contributed by atoms with Gasteiger partial charge in [0.05, 0.1) is 10.6 Å². The third-order valence-corrected chi connectivity index (χ3v) is 7.42. The molecule has 1 unspecified atom stereocenters. The SMILES string of the molecule is Cc1cc(S(=O)(=O)N2CC(C(C)C)c3cc(Br)cc(C)c32)ccc1OCC(=O)O. The van der Waals surface area contributed by atoms with Crippen molar-refractivity contribution in [2.45, 2.75) is 38.5 Å². The molecule has 1 aliphatic rings. The molecule has 1 aliphatic heterocycles. The van der Waals surface area contributed by atoms with Crippen LogP contribution in [0.25, 0.3) is 0 Å². The number of hydrogen-bond acceptors (Lipinski definition) is 4. The van der Waals surface area contributed by atoms with Crippen LogP contribution in [-0.2, 0) is 14.8 Å². The molecule has 0 saturated heterocycles. The summed E-state index contributed by atoms with van der Waals surface area (Å²) in [7, 11) is -3.78. The summed E-state index contributed by atoms with van der Waals surface area (Å²) in [6.45, 7) is 7.73. The minimum Gasteiger partial charge on any atom is -0.482 e. The maximum absolute atomic E-state index is 13.5. The molecule has 1 heterocycles. The summed E-state index contributed by atoms with van der Waals surface area (Å²) in [5.41, 5.74) is 3.25. The topological polar surface area (TPSA) is 83.9 Å². The van der Waals surface area contributed by atoms with Gasteiger partial charge >= 0.3 is 5.97 Å².